The average Bonchev–Trinajstić information content (AvgIpc) is 3.22. The van der Waals surface area contributed by atoms with Gasteiger partial charge >= 0.3 is 0 Å². The fourth-order valence-corrected chi connectivity index (χ4v) is 6.51. The SMILES string of the molecule is CN(C)S(=O)(=O)c1cccc2c1-c1cc3ccc(C(N)=O)cc3n1CC(=O)N(CCN1CCCCC1)C2. The number of benzene rings is 2. The van der Waals surface area contributed by atoms with Crippen LogP contribution in [-0.4, -0.2) is 79.2 Å². The normalized spacial score (nSPS) is 16.9. The van der Waals surface area contributed by atoms with E-state index < -0.39 is 15.9 Å². The van der Waals surface area contributed by atoms with Gasteiger partial charge in [0.1, 0.15) is 6.54 Å². The Bertz CT molecular complexity index is 1470. The number of likely N-dealkylation sites (tertiary alicyclic amines) is 1. The van der Waals surface area contributed by atoms with E-state index in [0.717, 1.165) is 30.6 Å². The van der Waals surface area contributed by atoms with E-state index in [4.69, 9.17) is 5.73 Å². The summed E-state index contributed by atoms with van der Waals surface area (Å²) in [6.45, 7) is 3.77. The highest BCUT2D eigenvalue weighted by Crippen LogP contribution is 2.38. The van der Waals surface area contributed by atoms with Gasteiger partial charge in [0.05, 0.1) is 10.6 Å². The summed E-state index contributed by atoms with van der Waals surface area (Å²) in [5, 5.41) is 0.803. The third kappa shape index (κ3) is 4.76. The van der Waals surface area contributed by atoms with Gasteiger partial charge in [-0.05, 0) is 55.8 Å². The first-order chi connectivity index (χ1) is 17.7. The van der Waals surface area contributed by atoms with Crippen molar-refractivity contribution in [2.75, 3.05) is 40.3 Å². The molecule has 9 nitrogen and oxygen atoms in total. The first kappa shape index (κ1) is 25.4. The molecule has 0 radical (unpaired) electrons. The summed E-state index contributed by atoms with van der Waals surface area (Å²) in [5.41, 5.74) is 8.54. The topological polar surface area (TPSA) is 109 Å². The molecule has 5 rings (SSSR count). The second-order valence-electron chi connectivity index (χ2n) is 10.0. The maximum Gasteiger partial charge on any atom is 0.248 e. The fraction of sp³-hybridized carbons (Fsp3) is 0.407. The van der Waals surface area contributed by atoms with Crippen molar-refractivity contribution in [3.63, 3.8) is 0 Å². The molecule has 2 amide bonds. The van der Waals surface area contributed by atoms with E-state index in [0.29, 0.717) is 35.4 Å². The molecule has 2 aliphatic heterocycles. The van der Waals surface area contributed by atoms with Crippen LogP contribution in [0.25, 0.3) is 22.2 Å². The molecule has 0 spiro atoms. The van der Waals surface area contributed by atoms with E-state index in [9.17, 15) is 18.0 Å². The van der Waals surface area contributed by atoms with Gasteiger partial charge in [0.25, 0.3) is 0 Å². The van der Waals surface area contributed by atoms with Crippen LogP contribution in [0.2, 0.25) is 0 Å². The number of fused-ring (bicyclic) bond motifs is 5. The molecule has 3 heterocycles. The quantitative estimate of drug-likeness (QED) is 0.534. The minimum Gasteiger partial charge on any atom is -0.366 e. The number of nitrogens with two attached hydrogens (primary N) is 1. The van der Waals surface area contributed by atoms with E-state index in [1.54, 1.807) is 30.3 Å². The van der Waals surface area contributed by atoms with Crippen molar-refractivity contribution in [2.45, 2.75) is 37.2 Å². The van der Waals surface area contributed by atoms with Crippen LogP contribution in [0.4, 0.5) is 0 Å². The number of aromatic nitrogens is 1. The lowest BCUT2D eigenvalue weighted by Crippen LogP contribution is -2.42. The largest absolute Gasteiger partial charge is 0.366 e. The van der Waals surface area contributed by atoms with Gasteiger partial charge in [-0.15, -0.1) is 0 Å². The Morgan fingerprint density at radius 1 is 1.00 bits per heavy atom. The molecule has 0 bridgehead atoms. The number of carbonyl (C=O) groups excluding carboxylic acids is 2. The van der Waals surface area contributed by atoms with Crippen LogP contribution in [0.15, 0.2) is 47.4 Å². The van der Waals surface area contributed by atoms with Crippen molar-refractivity contribution in [1.82, 2.24) is 18.7 Å². The number of piperidine rings is 1. The molecule has 0 saturated carbocycles. The zero-order chi connectivity index (χ0) is 26.3. The molecule has 3 aromatic rings. The van der Waals surface area contributed by atoms with E-state index in [-0.39, 0.29) is 17.3 Å². The van der Waals surface area contributed by atoms with Crippen molar-refractivity contribution in [3.05, 3.63) is 53.6 Å². The Balaban J connectivity index is 1.67. The maximum atomic E-state index is 13.6. The number of sulfonamides is 1. The summed E-state index contributed by atoms with van der Waals surface area (Å²) in [4.78, 5) is 30.0. The van der Waals surface area contributed by atoms with E-state index >= 15 is 0 Å². The molecule has 1 aromatic heterocycles. The lowest BCUT2D eigenvalue weighted by atomic mass is 10.0. The molecule has 1 saturated heterocycles. The molecular formula is C27H33N5O4S. The Morgan fingerprint density at radius 2 is 1.76 bits per heavy atom. The molecule has 0 atom stereocenters. The lowest BCUT2D eigenvalue weighted by molar-refractivity contribution is -0.132. The molecular weight excluding hydrogens is 490 g/mol. The summed E-state index contributed by atoms with van der Waals surface area (Å²) in [7, 11) is -0.745. The summed E-state index contributed by atoms with van der Waals surface area (Å²) >= 11 is 0. The fourth-order valence-electron chi connectivity index (χ4n) is 5.37. The van der Waals surface area contributed by atoms with Gasteiger partial charge in [-0.25, -0.2) is 12.7 Å². The predicted molar refractivity (Wildman–Crippen MR) is 142 cm³/mol. The molecule has 0 unspecified atom stereocenters. The molecule has 0 aliphatic carbocycles. The van der Waals surface area contributed by atoms with Crippen LogP contribution >= 0.6 is 0 Å². The lowest BCUT2D eigenvalue weighted by Gasteiger charge is -2.32. The highest BCUT2D eigenvalue weighted by Gasteiger charge is 2.30. The first-order valence-corrected chi connectivity index (χ1v) is 14.1. The summed E-state index contributed by atoms with van der Waals surface area (Å²) < 4.78 is 29.9. The molecule has 37 heavy (non-hydrogen) atoms. The highest BCUT2D eigenvalue weighted by atomic mass is 32.2. The number of hydrogen-bond acceptors (Lipinski definition) is 5. The van der Waals surface area contributed by atoms with Crippen LogP contribution in [0.3, 0.4) is 0 Å². The average molecular weight is 524 g/mol. The van der Waals surface area contributed by atoms with Crippen LogP contribution in [0.5, 0.6) is 0 Å². The summed E-state index contributed by atoms with van der Waals surface area (Å²) in [5.74, 6) is -0.610. The Morgan fingerprint density at radius 3 is 2.46 bits per heavy atom. The number of primary amides is 1. The summed E-state index contributed by atoms with van der Waals surface area (Å²) in [6.07, 6.45) is 3.58. The van der Waals surface area contributed by atoms with Crippen LogP contribution < -0.4 is 5.73 Å². The first-order valence-electron chi connectivity index (χ1n) is 12.6. The van der Waals surface area contributed by atoms with Crippen molar-refractivity contribution >= 4 is 32.7 Å². The number of nitrogens with zero attached hydrogens (tertiary/aromatic N) is 4. The predicted octanol–water partition coefficient (Wildman–Crippen LogP) is 2.49. The standard InChI is InChI=1S/C27H33N5O4S/c1-29(2)37(35,36)24-8-6-7-21-17-31(14-13-30-11-4-3-5-12-30)25(33)18-32-22-16-20(27(28)34)10-9-19(22)15-23(32)26(21)24/h6-10,15-16H,3-5,11-14,17-18H2,1-2H3,(H2,28,34). The number of hydrogen-bond donors (Lipinski definition) is 1. The van der Waals surface area contributed by atoms with E-state index in [2.05, 4.69) is 4.90 Å². The molecule has 2 aromatic carbocycles. The molecule has 10 heteroatoms. The van der Waals surface area contributed by atoms with Crippen LogP contribution in [-0.2, 0) is 27.9 Å². The van der Waals surface area contributed by atoms with Crippen molar-refractivity contribution in [3.8, 4) is 11.3 Å². The van der Waals surface area contributed by atoms with E-state index in [1.807, 2.05) is 21.6 Å². The number of amides is 2. The molecule has 1 fully saturated rings. The summed E-state index contributed by atoms with van der Waals surface area (Å²) in [6, 6.07) is 12.3. The maximum absolute atomic E-state index is 13.6. The van der Waals surface area contributed by atoms with Crippen molar-refractivity contribution < 1.29 is 18.0 Å². The van der Waals surface area contributed by atoms with Gasteiger partial charge in [-0.3, -0.25) is 9.59 Å². The van der Waals surface area contributed by atoms with Crippen LogP contribution in [0, 0.1) is 0 Å². The van der Waals surface area contributed by atoms with Gasteiger partial charge < -0.3 is 20.1 Å². The number of carbonyl (C=O) groups is 2. The van der Waals surface area contributed by atoms with Crippen molar-refractivity contribution in [1.29, 1.82) is 0 Å². The van der Waals surface area contributed by atoms with Gasteiger partial charge in [0.2, 0.25) is 21.8 Å². The van der Waals surface area contributed by atoms with Gasteiger partial charge in [0.15, 0.2) is 0 Å². The Hall–Kier alpha value is -3.21. The minimum absolute atomic E-state index is 0.0385. The highest BCUT2D eigenvalue weighted by molar-refractivity contribution is 7.89. The van der Waals surface area contributed by atoms with E-state index in [1.165, 1.54) is 37.7 Å². The van der Waals surface area contributed by atoms with Gasteiger partial charge in [0, 0.05) is 55.8 Å². The third-order valence-electron chi connectivity index (χ3n) is 7.46. The van der Waals surface area contributed by atoms with Gasteiger partial charge in [-0.1, -0.05) is 24.6 Å². The van der Waals surface area contributed by atoms with Crippen LogP contribution in [0.1, 0.15) is 35.2 Å². The number of rotatable bonds is 6. The minimum atomic E-state index is -3.77. The molecule has 2 aliphatic rings. The smallest absolute Gasteiger partial charge is 0.248 e. The second kappa shape index (κ2) is 9.92. The Labute approximate surface area is 217 Å². The molecule has 2 N–H and O–H groups in total. The monoisotopic (exact) mass is 523 g/mol. The van der Waals surface area contributed by atoms with Gasteiger partial charge in [-0.2, -0.15) is 0 Å². The zero-order valence-corrected chi connectivity index (χ0v) is 22.1. The zero-order valence-electron chi connectivity index (χ0n) is 21.3. The second-order valence-corrected chi connectivity index (χ2v) is 12.2. The third-order valence-corrected chi connectivity index (χ3v) is 9.32. The van der Waals surface area contributed by atoms with Crippen molar-refractivity contribution in [2.24, 2.45) is 5.73 Å². The molecule has 196 valence electrons. The Kier molecular flexibility index (Phi) is 6.82.